The number of aromatic nitrogens is 1. The smallest absolute Gasteiger partial charge is 0.407 e. The number of benzene rings is 2. The molecule has 0 aliphatic heterocycles. The molecule has 0 spiro atoms. The van der Waals surface area contributed by atoms with Crippen molar-refractivity contribution in [1.82, 2.24) is 15.6 Å². The van der Waals surface area contributed by atoms with Crippen molar-refractivity contribution in [3.63, 3.8) is 0 Å². The van der Waals surface area contributed by atoms with Gasteiger partial charge < -0.3 is 15.4 Å². The predicted molar refractivity (Wildman–Crippen MR) is 125 cm³/mol. The van der Waals surface area contributed by atoms with Crippen LogP contribution in [-0.4, -0.2) is 22.6 Å². The van der Waals surface area contributed by atoms with Crippen LogP contribution in [0.15, 0.2) is 60.9 Å². The Labute approximate surface area is 197 Å². The molecule has 0 saturated heterocycles. The van der Waals surface area contributed by atoms with Crippen molar-refractivity contribution in [3.8, 4) is 11.1 Å². The Morgan fingerprint density at radius 1 is 0.971 bits per heavy atom. The van der Waals surface area contributed by atoms with E-state index >= 15 is 0 Å². The van der Waals surface area contributed by atoms with E-state index in [1.165, 1.54) is 12.3 Å². The summed E-state index contributed by atoms with van der Waals surface area (Å²) >= 11 is 0. The molecule has 3 rings (SSSR count). The van der Waals surface area contributed by atoms with Gasteiger partial charge in [-0.15, -0.1) is 0 Å². The Morgan fingerprint density at radius 3 is 2.44 bits per heavy atom. The summed E-state index contributed by atoms with van der Waals surface area (Å²) in [4.78, 5) is 29.3. The van der Waals surface area contributed by atoms with Gasteiger partial charge in [-0.3, -0.25) is 9.78 Å². The molecule has 0 aliphatic rings. The molecule has 2 aromatic carbocycles. The van der Waals surface area contributed by atoms with Crippen molar-refractivity contribution in [2.75, 3.05) is 0 Å². The molecule has 178 valence electrons. The third-order valence-electron chi connectivity index (χ3n) is 5.47. The van der Waals surface area contributed by atoms with E-state index in [2.05, 4.69) is 15.6 Å². The fraction of sp³-hybridized carbons (Fsp3) is 0.269. The zero-order valence-corrected chi connectivity index (χ0v) is 19.3. The number of pyridine rings is 1. The van der Waals surface area contributed by atoms with Crippen LogP contribution in [0.25, 0.3) is 11.1 Å². The second-order valence-electron chi connectivity index (χ2n) is 8.35. The highest BCUT2D eigenvalue weighted by Crippen LogP contribution is 2.27. The summed E-state index contributed by atoms with van der Waals surface area (Å²) in [6, 6.07) is 12.1. The SMILES string of the molecule is CCC(C)(C)OC(=O)NCc1ccccc1-c1cnccc1C(=O)NCc1ccc(F)cc1F. The first-order chi connectivity index (χ1) is 16.2. The maximum atomic E-state index is 13.9. The highest BCUT2D eigenvalue weighted by molar-refractivity contribution is 6.01. The first-order valence-electron chi connectivity index (χ1n) is 10.9. The Morgan fingerprint density at radius 2 is 1.71 bits per heavy atom. The first-order valence-corrected chi connectivity index (χ1v) is 10.9. The third-order valence-corrected chi connectivity index (χ3v) is 5.47. The van der Waals surface area contributed by atoms with E-state index in [1.54, 1.807) is 12.3 Å². The van der Waals surface area contributed by atoms with Crippen LogP contribution in [-0.2, 0) is 17.8 Å². The summed E-state index contributed by atoms with van der Waals surface area (Å²) < 4.78 is 32.5. The number of hydrogen-bond acceptors (Lipinski definition) is 4. The lowest BCUT2D eigenvalue weighted by atomic mass is 9.96. The lowest BCUT2D eigenvalue weighted by Gasteiger charge is -2.23. The van der Waals surface area contributed by atoms with E-state index in [9.17, 15) is 18.4 Å². The largest absolute Gasteiger partial charge is 0.444 e. The number of ether oxygens (including phenoxy) is 1. The predicted octanol–water partition coefficient (Wildman–Crippen LogP) is 5.37. The highest BCUT2D eigenvalue weighted by atomic mass is 19.1. The molecular weight excluding hydrogens is 440 g/mol. The lowest BCUT2D eigenvalue weighted by Crippen LogP contribution is -2.34. The zero-order valence-electron chi connectivity index (χ0n) is 19.3. The van der Waals surface area contributed by atoms with Crippen LogP contribution in [0.4, 0.5) is 13.6 Å². The van der Waals surface area contributed by atoms with Gasteiger partial charge in [0, 0.05) is 42.7 Å². The van der Waals surface area contributed by atoms with E-state index in [4.69, 9.17) is 4.74 Å². The van der Waals surface area contributed by atoms with Crippen LogP contribution in [0.5, 0.6) is 0 Å². The molecule has 2 amide bonds. The molecule has 1 heterocycles. The number of hydrogen-bond donors (Lipinski definition) is 2. The molecule has 0 radical (unpaired) electrons. The minimum atomic E-state index is -0.732. The van der Waals surface area contributed by atoms with E-state index in [-0.39, 0.29) is 18.7 Å². The standard InChI is InChI=1S/C26H27F2N3O3/c1-4-26(2,3)34-25(33)31-14-17-7-5-6-8-20(17)22-16-29-12-11-21(22)24(32)30-15-18-9-10-19(27)13-23(18)28/h5-13,16H,4,14-15H2,1-3H3,(H,30,32)(H,31,33). The van der Waals surface area contributed by atoms with Crippen molar-refractivity contribution < 1.29 is 23.1 Å². The second kappa shape index (κ2) is 10.9. The van der Waals surface area contributed by atoms with Crippen molar-refractivity contribution in [2.24, 2.45) is 0 Å². The Hall–Kier alpha value is -3.81. The van der Waals surface area contributed by atoms with Crippen LogP contribution < -0.4 is 10.6 Å². The van der Waals surface area contributed by atoms with Gasteiger partial charge in [0.2, 0.25) is 0 Å². The van der Waals surface area contributed by atoms with E-state index in [1.807, 2.05) is 45.0 Å². The molecule has 6 nitrogen and oxygen atoms in total. The summed E-state index contributed by atoms with van der Waals surface area (Å²) in [5.41, 5.74) is 1.95. The van der Waals surface area contributed by atoms with Crippen LogP contribution in [0, 0.1) is 11.6 Å². The lowest BCUT2D eigenvalue weighted by molar-refractivity contribution is 0.0360. The number of alkyl carbamates (subject to hydrolysis) is 1. The van der Waals surface area contributed by atoms with Gasteiger partial charge in [0.05, 0.1) is 5.56 Å². The minimum absolute atomic E-state index is 0.102. The molecule has 1 aromatic heterocycles. The van der Waals surface area contributed by atoms with Crippen molar-refractivity contribution in [3.05, 3.63) is 89.2 Å². The molecule has 34 heavy (non-hydrogen) atoms. The molecule has 0 fully saturated rings. The number of rotatable bonds is 8. The van der Waals surface area contributed by atoms with Crippen molar-refractivity contribution >= 4 is 12.0 Å². The van der Waals surface area contributed by atoms with Crippen LogP contribution in [0.2, 0.25) is 0 Å². The van der Waals surface area contributed by atoms with E-state index in [0.717, 1.165) is 17.7 Å². The molecule has 0 atom stereocenters. The van der Waals surface area contributed by atoms with E-state index in [0.29, 0.717) is 23.1 Å². The number of halogens is 2. The van der Waals surface area contributed by atoms with Crippen LogP contribution >= 0.6 is 0 Å². The normalized spacial score (nSPS) is 11.1. The molecule has 2 N–H and O–H groups in total. The quantitative estimate of drug-likeness (QED) is 0.467. The fourth-order valence-corrected chi connectivity index (χ4v) is 3.21. The van der Waals surface area contributed by atoms with Gasteiger partial charge in [0.25, 0.3) is 5.91 Å². The fourth-order valence-electron chi connectivity index (χ4n) is 3.21. The first kappa shape index (κ1) is 24.8. The summed E-state index contributed by atoms with van der Waals surface area (Å²) in [6.07, 6.45) is 3.19. The van der Waals surface area contributed by atoms with Crippen LogP contribution in [0.1, 0.15) is 48.7 Å². The molecule has 0 saturated carbocycles. The van der Waals surface area contributed by atoms with Crippen molar-refractivity contribution in [2.45, 2.75) is 45.9 Å². The molecule has 3 aromatic rings. The van der Waals surface area contributed by atoms with Gasteiger partial charge in [-0.25, -0.2) is 13.6 Å². The van der Waals surface area contributed by atoms with Gasteiger partial charge in [-0.2, -0.15) is 0 Å². The number of nitrogens with one attached hydrogen (secondary N) is 2. The maximum absolute atomic E-state index is 13.9. The van der Waals surface area contributed by atoms with Gasteiger partial charge in [0.1, 0.15) is 17.2 Å². The third kappa shape index (κ3) is 6.37. The maximum Gasteiger partial charge on any atom is 0.407 e. The Kier molecular flexibility index (Phi) is 7.94. The molecule has 0 unspecified atom stereocenters. The summed E-state index contributed by atoms with van der Waals surface area (Å²) in [6.45, 7) is 5.68. The average Bonchev–Trinajstić information content (AvgIpc) is 2.82. The van der Waals surface area contributed by atoms with E-state index < -0.39 is 29.2 Å². The second-order valence-corrected chi connectivity index (χ2v) is 8.35. The summed E-state index contributed by atoms with van der Waals surface area (Å²) in [5, 5.41) is 5.42. The molecule has 0 bridgehead atoms. The average molecular weight is 468 g/mol. The minimum Gasteiger partial charge on any atom is -0.444 e. The molecule has 0 aliphatic carbocycles. The van der Waals surface area contributed by atoms with Crippen LogP contribution in [0.3, 0.4) is 0 Å². The highest BCUT2D eigenvalue weighted by Gasteiger charge is 2.21. The number of carbonyl (C=O) groups is 2. The molecular formula is C26H27F2N3O3. The summed E-state index contributed by atoms with van der Waals surface area (Å²) in [5.74, 6) is -1.85. The topological polar surface area (TPSA) is 80.3 Å². The monoisotopic (exact) mass is 467 g/mol. The van der Waals surface area contributed by atoms with Gasteiger partial charge in [-0.1, -0.05) is 37.3 Å². The Balaban J connectivity index is 1.78. The van der Waals surface area contributed by atoms with Crippen molar-refractivity contribution in [1.29, 1.82) is 0 Å². The van der Waals surface area contributed by atoms with Gasteiger partial charge in [-0.05, 0) is 43.5 Å². The van der Waals surface area contributed by atoms with Gasteiger partial charge in [0.15, 0.2) is 0 Å². The molecule has 8 heteroatoms. The zero-order chi connectivity index (χ0) is 24.7. The summed E-state index contributed by atoms with van der Waals surface area (Å²) in [7, 11) is 0. The van der Waals surface area contributed by atoms with Gasteiger partial charge >= 0.3 is 6.09 Å². The number of amides is 2. The number of nitrogens with zero attached hydrogens (tertiary/aromatic N) is 1. The number of carbonyl (C=O) groups excluding carboxylic acids is 2. The Bertz CT molecular complexity index is 1180.